The maximum atomic E-state index is 12.5. The van der Waals surface area contributed by atoms with E-state index in [1.54, 1.807) is 4.90 Å². The summed E-state index contributed by atoms with van der Waals surface area (Å²) in [5.74, 6) is -0.0284. The Bertz CT molecular complexity index is 702. The van der Waals surface area contributed by atoms with Crippen LogP contribution in [0.5, 0.6) is 0 Å². The number of hydrogen-bond acceptors (Lipinski definition) is 4. The zero-order valence-corrected chi connectivity index (χ0v) is 16.3. The average molecular weight is 383 g/mol. The molecule has 0 spiro atoms. The van der Waals surface area contributed by atoms with Crippen LogP contribution in [-0.2, 0) is 11.2 Å². The summed E-state index contributed by atoms with van der Waals surface area (Å²) in [7, 11) is 0. The molecule has 0 radical (unpaired) electrons. The topological polar surface area (TPSA) is 79.7 Å². The minimum Gasteiger partial charge on any atom is -0.326 e. The third kappa shape index (κ3) is 5.23. The van der Waals surface area contributed by atoms with Crippen LogP contribution in [0.15, 0.2) is 30.3 Å². The highest BCUT2D eigenvalue weighted by atomic mass is 16.2. The molecule has 1 aromatic rings. The van der Waals surface area contributed by atoms with E-state index >= 15 is 0 Å². The van der Waals surface area contributed by atoms with Gasteiger partial charge in [0, 0.05) is 39.3 Å². The van der Waals surface area contributed by atoms with E-state index < -0.39 is 0 Å². The van der Waals surface area contributed by atoms with Crippen LogP contribution in [0.3, 0.4) is 0 Å². The highest BCUT2D eigenvalue weighted by Gasteiger charge is 2.29. The second kappa shape index (κ2) is 10.1. The smallest absolute Gasteiger partial charge is 0.320 e. The predicted octanol–water partition coefficient (Wildman–Crippen LogP) is 1.46. The Labute approximate surface area is 166 Å². The zero-order chi connectivity index (χ0) is 19.8. The number of rotatable bonds is 9. The second-order valence-corrected chi connectivity index (χ2v) is 7.40. The normalized spacial score (nSPS) is 19.3. The van der Waals surface area contributed by atoms with Gasteiger partial charge in [-0.15, -0.1) is 0 Å². The molecule has 150 valence electrons. The fourth-order valence-corrected chi connectivity index (χ4v) is 3.88. The summed E-state index contributed by atoms with van der Waals surface area (Å²) >= 11 is 0. The van der Waals surface area contributed by atoms with E-state index in [2.05, 4.69) is 23.5 Å². The number of aryl methyl sites for hydroxylation is 1. The van der Waals surface area contributed by atoms with E-state index in [4.69, 9.17) is 5.26 Å². The van der Waals surface area contributed by atoms with E-state index in [0.29, 0.717) is 19.6 Å². The summed E-state index contributed by atoms with van der Waals surface area (Å²) in [6.45, 7) is 4.36. The molecule has 0 bridgehead atoms. The Hall–Kier alpha value is -2.59. The Balaban J connectivity index is 1.31. The van der Waals surface area contributed by atoms with Crippen molar-refractivity contribution in [3.05, 3.63) is 35.9 Å². The van der Waals surface area contributed by atoms with Gasteiger partial charge in [0.25, 0.3) is 0 Å². The van der Waals surface area contributed by atoms with E-state index in [-0.39, 0.29) is 24.5 Å². The number of nitriles is 1. The lowest BCUT2D eigenvalue weighted by atomic mass is 10.1. The first-order chi connectivity index (χ1) is 13.7. The number of amides is 3. The number of hydrogen-bond donors (Lipinski definition) is 1. The second-order valence-electron chi connectivity index (χ2n) is 7.40. The van der Waals surface area contributed by atoms with Crippen LogP contribution in [-0.4, -0.2) is 78.5 Å². The molecular formula is C21H29N5O2. The molecule has 3 amide bonds. The predicted molar refractivity (Wildman–Crippen MR) is 107 cm³/mol. The van der Waals surface area contributed by atoms with Crippen molar-refractivity contribution in [2.45, 2.75) is 31.7 Å². The number of benzene rings is 1. The van der Waals surface area contributed by atoms with Crippen LogP contribution in [0.4, 0.5) is 4.79 Å². The number of carbonyl (C=O) groups is 2. The molecule has 7 heteroatoms. The van der Waals surface area contributed by atoms with Gasteiger partial charge in [0.15, 0.2) is 0 Å². The van der Waals surface area contributed by atoms with Gasteiger partial charge >= 0.3 is 6.03 Å². The van der Waals surface area contributed by atoms with E-state index in [9.17, 15) is 9.59 Å². The molecule has 0 aromatic heterocycles. The molecule has 0 saturated carbocycles. The summed E-state index contributed by atoms with van der Waals surface area (Å²) in [6, 6.07) is 12.3. The molecule has 1 aromatic carbocycles. The van der Waals surface area contributed by atoms with Gasteiger partial charge in [-0.25, -0.2) is 4.79 Å². The van der Waals surface area contributed by atoms with Crippen molar-refractivity contribution in [3.63, 3.8) is 0 Å². The molecule has 2 aliphatic heterocycles. The molecule has 28 heavy (non-hydrogen) atoms. The Morgan fingerprint density at radius 3 is 2.64 bits per heavy atom. The highest BCUT2D eigenvalue weighted by molar-refractivity contribution is 5.79. The van der Waals surface area contributed by atoms with Gasteiger partial charge < -0.3 is 20.0 Å². The summed E-state index contributed by atoms with van der Waals surface area (Å²) in [4.78, 5) is 30.1. The Morgan fingerprint density at radius 1 is 1.14 bits per heavy atom. The maximum absolute atomic E-state index is 12.5. The van der Waals surface area contributed by atoms with Crippen LogP contribution < -0.4 is 5.32 Å². The first kappa shape index (κ1) is 20.2. The fourth-order valence-electron chi connectivity index (χ4n) is 3.88. The zero-order valence-electron chi connectivity index (χ0n) is 16.3. The van der Waals surface area contributed by atoms with Crippen LogP contribution in [0, 0.1) is 11.3 Å². The van der Waals surface area contributed by atoms with Gasteiger partial charge in [0.2, 0.25) is 5.91 Å². The molecule has 3 rings (SSSR count). The molecule has 1 N–H and O–H groups in total. The van der Waals surface area contributed by atoms with Crippen molar-refractivity contribution in [2.75, 3.05) is 45.8 Å². The van der Waals surface area contributed by atoms with Gasteiger partial charge in [-0.2, -0.15) is 5.26 Å². The summed E-state index contributed by atoms with van der Waals surface area (Å²) in [5.41, 5.74) is 1.30. The molecule has 2 fully saturated rings. The molecule has 1 atom stereocenters. The van der Waals surface area contributed by atoms with Crippen molar-refractivity contribution in [1.29, 1.82) is 5.26 Å². The van der Waals surface area contributed by atoms with Crippen LogP contribution in [0.1, 0.15) is 24.8 Å². The number of urea groups is 1. The first-order valence-corrected chi connectivity index (χ1v) is 10.2. The van der Waals surface area contributed by atoms with Gasteiger partial charge in [-0.1, -0.05) is 30.3 Å². The van der Waals surface area contributed by atoms with E-state index in [0.717, 1.165) is 45.3 Å². The van der Waals surface area contributed by atoms with Gasteiger partial charge in [0.1, 0.15) is 6.04 Å². The average Bonchev–Trinajstić information content (AvgIpc) is 3.33. The monoisotopic (exact) mass is 383 g/mol. The van der Waals surface area contributed by atoms with Crippen LogP contribution in [0.2, 0.25) is 0 Å². The largest absolute Gasteiger partial charge is 0.326 e. The third-order valence-corrected chi connectivity index (χ3v) is 5.47. The SMILES string of the molecule is N#C[C@@H]1CCCN1C(=O)CNCCN1CCN(CCCc2ccccc2)C1=O. The standard InChI is InChI=1S/C21H29N5O2/c22-16-19-9-5-12-26(19)20(27)17-23-10-13-25-15-14-24(21(25)28)11-4-8-18-6-2-1-3-7-18/h1-3,6-7,19,23H,4-5,8-15,17H2/t19-/m0/s1. The van der Waals surface area contributed by atoms with Crippen molar-refractivity contribution < 1.29 is 9.59 Å². The van der Waals surface area contributed by atoms with Gasteiger partial charge in [-0.3, -0.25) is 4.79 Å². The highest BCUT2D eigenvalue weighted by Crippen LogP contribution is 2.16. The number of likely N-dealkylation sites (tertiary alicyclic amines) is 1. The van der Waals surface area contributed by atoms with Crippen molar-refractivity contribution in [1.82, 2.24) is 20.0 Å². The molecule has 0 aliphatic carbocycles. The molecular weight excluding hydrogens is 354 g/mol. The van der Waals surface area contributed by atoms with Crippen LogP contribution in [0.25, 0.3) is 0 Å². The van der Waals surface area contributed by atoms with Gasteiger partial charge in [-0.05, 0) is 31.2 Å². The lowest BCUT2D eigenvalue weighted by Crippen LogP contribution is -2.43. The molecule has 7 nitrogen and oxygen atoms in total. The number of carbonyl (C=O) groups excluding carboxylic acids is 2. The number of nitrogens with one attached hydrogen (secondary N) is 1. The fraction of sp³-hybridized carbons (Fsp3) is 0.571. The lowest BCUT2D eigenvalue weighted by molar-refractivity contribution is -0.130. The molecule has 0 unspecified atom stereocenters. The molecule has 2 heterocycles. The molecule has 2 aliphatic rings. The number of nitrogens with zero attached hydrogens (tertiary/aromatic N) is 4. The summed E-state index contributed by atoms with van der Waals surface area (Å²) < 4.78 is 0. The first-order valence-electron chi connectivity index (χ1n) is 10.2. The van der Waals surface area contributed by atoms with Crippen molar-refractivity contribution in [3.8, 4) is 6.07 Å². The minimum atomic E-state index is -0.279. The van der Waals surface area contributed by atoms with E-state index in [1.165, 1.54) is 5.56 Å². The third-order valence-electron chi connectivity index (χ3n) is 5.47. The Morgan fingerprint density at radius 2 is 1.89 bits per heavy atom. The van der Waals surface area contributed by atoms with Crippen molar-refractivity contribution >= 4 is 11.9 Å². The summed E-state index contributed by atoms with van der Waals surface area (Å²) in [6.07, 6.45) is 3.61. The minimum absolute atomic E-state index is 0.0284. The van der Waals surface area contributed by atoms with Crippen molar-refractivity contribution in [2.24, 2.45) is 0 Å². The van der Waals surface area contributed by atoms with E-state index in [1.807, 2.05) is 28.0 Å². The summed E-state index contributed by atoms with van der Waals surface area (Å²) in [5, 5.41) is 12.2. The lowest BCUT2D eigenvalue weighted by Gasteiger charge is -2.21. The quantitative estimate of drug-likeness (QED) is 0.655. The molecule has 2 saturated heterocycles. The Kier molecular flexibility index (Phi) is 7.26. The van der Waals surface area contributed by atoms with Crippen LogP contribution >= 0.6 is 0 Å². The maximum Gasteiger partial charge on any atom is 0.320 e. The van der Waals surface area contributed by atoms with Gasteiger partial charge in [0.05, 0.1) is 12.6 Å².